The second kappa shape index (κ2) is 10.7. The predicted octanol–water partition coefficient (Wildman–Crippen LogP) is 4.48. The highest BCUT2D eigenvalue weighted by Crippen LogP contribution is 2.31. The molecule has 1 fully saturated rings. The van der Waals surface area contributed by atoms with Crippen LogP contribution in [0.1, 0.15) is 11.1 Å². The number of ether oxygens (including phenoxy) is 1. The minimum atomic E-state index is -4.51. The van der Waals surface area contributed by atoms with Crippen LogP contribution in [0.2, 0.25) is 5.02 Å². The van der Waals surface area contributed by atoms with Crippen LogP contribution >= 0.6 is 11.6 Å². The molecule has 0 spiro atoms. The first kappa shape index (κ1) is 25.1. The largest absolute Gasteiger partial charge is 0.416 e. The van der Waals surface area contributed by atoms with Crippen molar-refractivity contribution in [1.29, 1.82) is 0 Å². The van der Waals surface area contributed by atoms with Gasteiger partial charge in [0.2, 0.25) is 17.8 Å². The molecular weight excluding hydrogens is 505 g/mol. The van der Waals surface area contributed by atoms with Gasteiger partial charge in [-0.1, -0.05) is 23.7 Å². The zero-order valence-corrected chi connectivity index (χ0v) is 19.1. The molecule has 36 heavy (non-hydrogen) atoms. The fraction of sp³-hybridized carbons (Fsp3) is 0.238. The van der Waals surface area contributed by atoms with Gasteiger partial charge in [0.1, 0.15) is 5.02 Å². The van der Waals surface area contributed by atoms with Crippen LogP contribution in [0.4, 0.5) is 42.4 Å². The van der Waals surface area contributed by atoms with Gasteiger partial charge in [-0.2, -0.15) is 33.2 Å². The summed E-state index contributed by atoms with van der Waals surface area (Å²) < 4.78 is 44.6. The van der Waals surface area contributed by atoms with Gasteiger partial charge in [0.25, 0.3) is 5.69 Å². The maximum Gasteiger partial charge on any atom is 0.416 e. The van der Waals surface area contributed by atoms with Gasteiger partial charge in [-0.15, -0.1) is 0 Å². The third kappa shape index (κ3) is 6.34. The van der Waals surface area contributed by atoms with E-state index in [2.05, 4.69) is 30.8 Å². The molecule has 11 nitrogen and oxygen atoms in total. The van der Waals surface area contributed by atoms with Crippen molar-refractivity contribution in [3.63, 3.8) is 0 Å². The number of alkyl halides is 3. The SMILES string of the molecule is O=[N+]([O-])c1cc(/C=N/Nc2nc(Nc3cccc(C(F)(F)F)c3)nc(N3CCOCC3)n2)ccc1Cl. The lowest BCUT2D eigenvalue weighted by Gasteiger charge is -2.27. The van der Waals surface area contributed by atoms with Gasteiger partial charge in [-0.25, -0.2) is 5.43 Å². The van der Waals surface area contributed by atoms with Gasteiger partial charge in [-0.05, 0) is 24.3 Å². The number of hydrogen-bond donors (Lipinski definition) is 2. The topological polar surface area (TPSA) is 131 Å². The smallest absolute Gasteiger partial charge is 0.378 e. The number of anilines is 4. The standard InChI is InChI=1S/C21H18ClF3N8O3/c22-16-5-4-13(10-17(16)33(34)35)12-26-31-19-28-18(29-20(30-19)32-6-8-36-9-7-32)27-15-3-1-2-14(11-15)21(23,24)25/h1-5,10-12H,6-9H2,(H2,27,28,29,30,31)/b26-12+. The Morgan fingerprint density at radius 1 is 1.11 bits per heavy atom. The van der Waals surface area contributed by atoms with Crippen molar-refractivity contribution < 1.29 is 22.8 Å². The molecule has 0 unspecified atom stereocenters. The second-order valence-corrected chi connectivity index (χ2v) is 7.83. The number of rotatable bonds is 7. The minimum Gasteiger partial charge on any atom is -0.378 e. The van der Waals surface area contributed by atoms with E-state index in [1.165, 1.54) is 36.5 Å². The molecule has 0 atom stereocenters. The van der Waals surface area contributed by atoms with Crippen LogP contribution in [-0.2, 0) is 10.9 Å². The van der Waals surface area contributed by atoms with Gasteiger partial charge >= 0.3 is 6.18 Å². The Morgan fingerprint density at radius 3 is 2.58 bits per heavy atom. The van der Waals surface area contributed by atoms with Crippen LogP contribution in [0, 0.1) is 10.1 Å². The molecule has 3 aromatic rings. The first-order chi connectivity index (χ1) is 17.2. The van der Waals surface area contributed by atoms with E-state index in [9.17, 15) is 23.3 Å². The Morgan fingerprint density at radius 2 is 1.86 bits per heavy atom. The molecule has 15 heteroatoms. The van der Waals surface area contributed by atoms with E-state index in [1.54, 1.807) is 0 Å². The molecule has 0 bridgehead atoms. The Labute approximate surface area is 207 Å². The maximum atomic E-state index is 13.1. The number of nitrogens with zero attached hydrogens (tertiary/aromatic N) is 6. The van der Waals surface area contributed by atoms with Crippen molar-refractivity contribution in [2.45, 2.75) is 6.18 Å². The number of morpholine rings is 1. The Bertz CT molecular complexity index is 1290. The van der Waals surface area contributed by atoms with Gasteiger partial charge in [-0.3, -0.25) is 10.1 Å². The van der Waals surface area contributed by atoms with Crippen molar-refractivity contribution >= 4 is 47.0 Å². The summed E-state index contributed by atoms with van der Waals surface area (Å²) in [5.41, 5.74) is 2.05. The average molecular weight is 523 g/mol. The summed E-state index contributed by atoms with van der Waals surface area (Å²) in [5.74, 6) is 0.258. The zero-order valence-electron chi connectivity index (χ0n) is 18.4. The Kier molecular flexibility index (Phi) is 7.45. The maximum absolute atomic E-state index is 13.1. The molecule has 188 valence electrons. The van der Waals surface area contributed by atoms with Crippen LogP contribution in [-0.4, -0.2) is 52.4 Å². The molecule has 0 amide bonds. The summed E-state index contributed by atoms with van der Waals surface area (Å²) in [7, 11) is 0. The molecule has 1 aliphatic heterocycles. The van der Waals surface area contributed by atoms with Gasteiger partial charge in [0.05, 0.1) is 29.9 Å². The number of nitro benzene ring substituents is 1. The number of halogens is 4. The van der Waals surface area contributed by atoms with Crippen LogP contribution in [0.25, 0.3) is 0 Å². The molecule has 4 rings (SSSR count). The minimum absolute atomic E-state index is 0.000631. The molecule has 0 radical (unpaired) electrons. The third-order valence-corrected chi connectivity index (χ3v) is 5.23. The number of hydrogen-bond acceptors (Lipinski definition) is 10. The summed E-state index contributed by atoms with van der Waals surface area (Å²) in [4.78, 5) is 25.1. The number of hydrazone groups is 1. The van der Waals surface area contributed by atoms with E-state index >= 15 is 0 Å². The molecule has 2 aromatic carbocycles. The highest BCUT2D eigenvalue weighted by molar-refractivity contribution is 6.32. The van der Waals surface area contributed by atoms with Crippen LogP contribution < -0.4 is 15.6 Å². The fourth-order valence-corrected chi connectivity index (χ4v) is 3.38. The van der Waals surface area contributed by atoms with E-state index in [-0.39, 0.29) is 34.2 Å². The van der Waals surface area contributed by atoms with E-state index in [0.717, 1.165) is 12.1 Å². The van der Waals surface area contributed by atoms with E-state index in [1.807, 2.05) is 4.90 Å². The molecule has 1 aromatic heterocycles. The van der Waals surface area contributed by atoms with Gasteiger partial charge in [0.15, 0.2) is 0 Å². The van der Waals surface area contributed by atoms with Crippen molar-refractivity contribution in [3.05, 3.63) is 68.7 Å². The summed E-state index contributed by atoms with van der Waals surface area (Å²) >= 11 is 5.82. The lowest BCUT2D eigenvalue weighted by atomic mass is 10.2. The fourth-order valence-electron chi connectivity index (χ4n) is 3.19. The highest BCUT2D eigenvalue weighted by atomic mass is 35.5. The lowest BCUT2D eigenvalue weighted by Crippen LogP contribution is -2.37. The van der Waals surface area contributed by atoms with Crippen LogP contribution in [0.5, 0.6) is 0 Å². The molecule has 2 heterocycles. The third-order valence-electron chi connectivity index (χ3n) is 4.91. The normalized spacial score (nSPS) is 14.2. The molecule has 2 N–H and O–H groups in total. The molecular formula is C21H18ClF3N8O3. The molecule has 1 aliphatic rings. The van der Waals surface area contributed by atoms with Crippen LogP contribution in [0.3, 0.4) is 0 Å². The molecule has 0 aliphatic carbocycles. The predicted molar refractivity (Wildman–Crippen MR) is 127 cm³/mol. The van der Waals surface area contributed by atoms with E-state index in [4.69, 9.17) is 16.3 Å². The van der Waals surface area contributed by atoms with Crippen molar-refractivity contribution in [3.8, 4) is 0 Å². The van der Waals surface area contributed by atoms with Gasteiger partial charge in [0, 0.05) is 30.4 Å². The van der Waals surface area contributed by atoms with Crippen molar-refractivity contribution in [2.75, 3.05) is 41.9 Å². The Balaban J connectivity index is 1.59. The number of aromatic nitrogens is 3. The van der Waals surface area contributed by atoms with E-state index in [0.29, 0.717) is 31.9 Å². The monoisotopic (exact) mass is 522 g/mol. The van der Waals surface area contributed by atoms with Crippen LogP contribution in [0.15, 0.2) is 47.6 Å². The summed E-state index contributed by atoms with van der Waals surface area (Å²) in [6, 6.07) is 8.78. The summed E-state index contributed by atoms with van der Waals surface area (Å²) in [6.07, 6.45) is -3.20. The number of nitro groups is 1. The average Bonchev–Trinajstić information content (AvgIpc) is 2.85. The van der Waals surface area contributed by atoms with Crippen molar-refractivity contribution in [2.24, 2.45) is 5.10 Å². The first-order valence-electron chi connectivity index (χ1n) is 10.4. The Hall–Kier alpha value is -4.04. The number of nitrogens with one attached hydrogen (secondary N) is 2. The van der Waals surface area contributed by atoms with Gasteiger partial charge < -0.3 is 15.0 Å². The molecule has 1 saturated heterocycles. The highest BCUT2D eigenvalue weighted by Gasteiger charge is 2.30. The zero-order chi connectivity index (χ0) is 25.7. The summed E-state index contributed by atoms with van der Waals surface area (Å²) in [5, 5.41) is 17.8. The quantitative estimate of drug-likeness (QED) is 0.262. The molecule has 0 saturated carbocycles. The van der Waals surface area contributed by atoms with Crippen molar-refractivity contribution in [1.82, 2.24) is 15.0 Å². The summed E-state index contributed by atoms with van der Waals surface area (Å²) in [6.45, 7) is 1.92. The van der Waals surface area contributed by atoms with E-state index < -0.39 is 16.7 Å². The lowest BCUT2D eigenvalue weighted by molar-refractivity contribution is -0.384. The first-order valence-corrected chi connectivity index (χ1v) is 10.8. The number of benzene rings is 2. The second-order valence-electron chi connectivity index (χ2n) is 7.42.